The van der Waals surface area contributed by atoms with Gasteiger partial charge < -0.3 is 21.5 Å². The molecule has 2 heterocycles. The van der Waals surface area contributed by atoms with Crippen LogP contribution in [0.1, 0.15) is 18.9 Å². The lowest BCUT2D eigenvalue weighted by Gasteiger charge is -2.14. The van der Waals surface area contributed by atoms with Gasteiger partial charge in [-0.3, -0.25) is 4.68 Å². The van der Waals surface area contributed by atoms with E-state index in [2.05, 4.69) is 20.4 Å². The van der Waals surface area contributed by atoms with Crippen LogP contribution in [0.5, 0.6) is 5.75 Å². The molecule has 1 aliphatic carbocycles. The molecule has 0 aliphatic heterocycles. The number of nitrogen functional groups attached to an aromatic ring is 1. The Hall–Kier alpha value is -3.13. The molecule has 0 saturated heterocycles. The van der Waals surface area contributed by atoms with E-state index < -0.39 is 0 Å². The van der Waals surface area contributed by atoms with Crippen LogP contribution < -0.4 is 21.5 Å². The second kappa shape index (κ2) is 7.24. The summed E-state index contributed by atoms with van der Waals surface area (Å²) in [5.41, 5.74) is 14.8. The molecule has 0 amide bonds. The maximum absolute atomic E-state index is 5.94. The van der Waals surface area contributed by atoms with Gasteiger partial charge in [0, 0.05) is 29.7 Å². The fourth-order valence-corrected chi connectivity index (χ4v) is 3.17. The predicted octanol–water partition coefficient (Wildman–Crippen LogP) is 2.58. The van der Waals surface area contributed by atoms with E-state index in [0.717, 1.165) is 11.3 Å². The van der Waals surface area contributed by atoms with Crippen molar-refractivity contribution in [2.45, 2.75) is 18.9 Å². The van der Waals surface area contributed by atoms with Crippen LogP contribution in [0.15, 0.2) is 42.9 Å². The number of nitrogens with two attached hydrogens (primary N) is 2. The standard InChI is InChI=1S/C19H23N7O/c1-27-17-10-22-19(24-15-4-2-3-14(21)7-15)25-18(17)13-9-23-26(11-13)16(8-20)12-5-6-12/h2-4,7,9-12,16H,5-6,8,20-21H2,1H3,(H,22,24,25). The van der Waals surface area contributed by atoms with Crippen LogP contribution in [0.25, 0.3) is 11.3 Å². The molecule has 5 N–H and O–H groups in total. The maximum atomic E-state index is 5.94. The largest absolute Gasteiger partial charge is 0.493 e. The Bertz CT molecular complexity index is 935. The summed E-state index contributed by atoms with van der Waals surface area (Å²) in [4.78, 5) is 8.95. The summed E-state index contributed by atoms with van der Waals surface area (Å²) >= 11 is 0. The molecule has 3 aromatic rings. The first-order chi connectivity index (χ1) is 13.2. The van der Waals surface area contributed by atoms with Crippen molar-refractivity contribution < 1.29 is 4.74 Å². The van der Waals surface area contributed by atoms with Crippen LogP contribution in [-0.2, 0) is 0 Å². The van der Waals surface area contributed by atoms with Crippen molar-refractivity contribution in [3.05, 3.63) is 42.9 Å². The van der Waals surface area contributed by atoms with Crippen molar-refractivity contribution in [3.63, 3.8) is 0 Å². The van der Waals surface area contributed by atoms with Gasteiger partial charge in [-0.2, -0.15) is 5.10 Å². The summed E-state index contributed by atoms with van der Waals surface area (Å²) in [5, 5.41) is 7.68. The molecule has 0 spiro atoms. The second-order valence-corrected chi connectivity index (χ2v) is 6.71. The first-order valence-electron chi connectivity index (χ1n) is 8.96. The van der Waals surface area contributed by atoms with E-state index in [1.807, 2.05) is 35.1 Å². The van der Waals surface area contributed by atoms with Gasteiger partial charge >= 0.3 is 0 Å². The molecule has 1 unspecified atom stereocenters. The summed E-state index contributed by atoms with van der Waals surface area (Å²) in [6.45, 7) is 0.578. The first kappa shape index (κ1) is 17.3. The summed E-state index contributed by atoms with van der Waals surface area (Å²) in [7, 11) is 1.60. The molecule has 0 bridgehead atoms. The molecule has 1 aromatic carbocycles. The third kappa shape index (κ3) is 3.70. The number of nitrogens with zero attached hydrogens (tertiary/aromatic N) is 4. The molecule has 1 saturated carbocycles. The van der Waals surface area contributed by atoms with Crippen molar-refractivity contribution in [1.82, 2.24) is 19.7 Å². The van der Waals surface area contributed by atoms with Crippen molar-refractivity contribution in [1.29, 1.82) is 0 Å². The summed E-state index contributed by atoms with van der Waals surface area (Å²) in [5.74, 6) is 1.67. The molecular formula is C19H23N7O. The molecule has 1 fully saturated rings. The van der Waals surface area contributed by atoms with E-state index >= 15 is 0 Å². The smallest absolute Gasteiger partial charge is 0.227 e. The van der Waals surface area contributed by atoms with E-state index in [-0.39, 0.29) is 6.04 Å². The van der Waals surface area contributed by atoms with Crippen LogP contribution in [0.4, 0.5) is 17.3 Å². The number of hydrogen-bond donors (Lipinski definition) is 3. The van der Waals surface area contributed by atoms with Crippen molar-refractivity contribution in [2.75, 3.05) is 24.7 Å². The molecule has 140 valence electrons. The Kier molecular flexibility index (Phi) is 4.64. The molecule has 0 radical (unpaired) electrons. The van der Waals surface area contributed by atoms with E-state index in [1.165, 1.54) is 12.8 Å². The zero-order valence-corrected chi connectivity index (χ0v) is 15.2. The lowest BCUT2D eigenvalue weighted by atomic mass is 10.2. The lowest BCUT2D eigenvalue weighted by Crippen LogP contribution is -2.21. The van der Waals surface area contributed by atoms with Crippen LogP contribution in [0.2, 0.25) is 0 Å². The van der Waals surface area contributed by atoms with Gasteiger partial charge in [0.05, 0.1) is 25.5 Å². The molecule has 1 atom stereocenters. The van der Waals surface area contributed by atoms with E-state index in [1.54, 1.807) is 19.5 Å². The zero-order valence-electron chi connectivity index (χ0n) is 15.2. The molecular weight excluding hydrogens is 342 g/mol. The van der Waals surface area contributed by atoms with Crippen LogP contribution >= 0.6 is 0 Å². The Labute approximate surface area is 157 Å². The van der Waals surface area contributed by atoms with Gasteiger partial charge in [-0.05, 0) is 37.0 Å². The molecule has 2 aromatic heterocycles. The normalized spacial score (nSPS) is 14.7. The Morgan fingerprint density at radius 1 is 1.33 bits per heavy atom. The number of benzene rings is 1. The average Bonchev–Trinajstić information content (AvgIpc) is 3.39. The first-order valence-corrected chi connectivity index (χ1v) is 8.96. The summed E-state index contributed by atoms with van der Waals surface area (Å²) in [6, 6.07) is 7.66. The molecule has 27 heavy (non-hydrogen) atoms. The van der Waals surface area contributed by atoms with E-state index in [4.69, 9.17) is 16.2 Å². The number of anilines is 3. The van der Waals surface area contributed by atoms with Crippen molar-refractivity contribution in [3.8, 4) is 17.0 Å². The summed E-state index contributed by atoms with van der Waals surface area (Å²) in [6.07, 6.45) is 7.84. The molecule has 8 nitrogen and oxygen atoms in total. The Morgan fingerprint density at radius 3 is 2.89 bits per heavy atom. The van der Waals surface area contributed by atoms with Gasteiger partial charge in [0.1, 0.15) is 5.69 Å². The van der Waals surface area contributed by atoms with Crippen LogP contribution in [0.3, 0.4) is 0 Å². The quantitative estimate of drug-likeness (QED) is 0.551. The van der Waals surface area contributed by atoms with Gasteiger partial charge in [-0.25, -0.2) is 9.97 Å². The predicted molar refractivity (Wildman–Crippen MR) is 105 cm³/mol. The number of rotatable bonds is 7. The van der Waals surface area contributed by atoms with E-state index in [9.17, 15) is 0 Å². The van der Waals surface area contributed by atoms with Gasteiger partial charge in [-0.1, -0.05) is 6.07 Å². The van der Waals surface area contributed by atoms with E-state index in [0.29, 0.717) is 35.5 Å². The van der Waals surface area contributed by atoms with Crippen molar-refractivity contribution in [2.24, 2.45) is 11.7 Å². The SMILES string of the molecule is COc1cnc(Nc2cccc(N)c2)nc1-c1cnn(C(CN)C2CC2)c1. The minimum Gasteiger partial charge on any atom is -0.493 e. The monoisotopic (exact) mass is 365 g/mol. The highest BCUT2D eigenvalue weighted by Crippen LogP contribution is 2.39. The van der Waals surface area contributed by atoms with Crippen LogP contribution in [0, 0.1) is 5.92 Å². The molecule has 8 heteroatoms. The topological polar surface area (TPSA) is 117 Å². The van der Waals surface area contributed by atoms with Gasteiger partial charge in [0.15, 0.2) is 5.75 Å². The Balaban J connectivity index is 1.64. The number of ether oxygens (including phenoxy) is 1. The van der Waals surface area contributed by atoms with Crippen molar-refractivity contribution >= 4 is 17.3 Å². The number of hydrogen-bond acceptors (Lipinski definition) is 7. The minimum atomic E-state index is 0.233. The number of methoxy groups -OCH3 is 1. The minimum absolute atomic E-state index is 0.233. The highest BCUT2D eigenvalue weighted by atomic mass is 16.5. The fourth-order valence-electron chi connectivity index (χ4n) is 3.17. The number of nitrogens with one attached hydrogen (secondary N) is 1. The van der Waals surface area contributed by atoms with Gasteiger partial charge in [-0.15, -0.1) is 0 Å². The van der Waals surface area contributed by atoms with Gasteiger partial charge in [0.2, 0.25) is 5.95 Å². The highest BCUT2D eigenvalue weighted by molar-refractivity contribution is 5.67. The maximum Gasteiger partial charge on any atom is 0.227 e. The zero-order chi connectivity index (χ0) is 18.8. The fraction of sp³-hybridized carbons (Fsp3) is 0.316. The highest BCUT2D eigenvalue weighted by Gasteiger charge is 2.32. The van der Waals surface area contributed by atoms with Gasteiger partial charge in [0.25, 0.3) is 0 Å². The molecule has 4 rings (SSSR count). The third-order valence-corrected chi connectivity index (χ3v) is 4.74. The Morgan fingerprint density at radius 2 is 2.19 bits per heavy atom. The summed E-state index contributed by atoms with van der Waals surface area (Å²) < 4.78 is 7.39. The van der Waals surface area contributed by atoms with Crippen LogP contribution in [-0.4, -0.2) is 33.4 Å². The second-order valence-electron chi connectivity index (χ2n) is 6.71. The molecule has 1 aliphatic rings. The lowest BCUT2D eigenvalue weighted by molar-refractivity contribution is 0.412. The average molecular weight is 365 g/mol. The third-order valence-electron chi connectivity index (χ3n) is 4.74. The number of aromatic nitrogens is 4.